The van der Waals surface area contributed by atoms with Crippen LogP contribution in [0, 0.1) is 12.3 Å². The van der Waals surface area contributed by atoms with Gasteiger partial charge in [0.25, 0.3) is 0 Å². The number of rotatable bonds is 2. The highest BCUT2D eigenvalue weighted by Crippen LogP contribution is 2.20. The van der Waals surface area contributed by atoms with Crippen LogP contribution in [-0.2, 0) is 0 Å². The zero-order valence-electron chi connectivity index (χ0n) is 10.5. The van der Waals surface area contributed by atoms with Crippen LogP contribution in [0.15, 0.2) is 42.7 Å². The number of para-hydroxylation sites is 1. The normalized spacial score (nSPS) is 10.8. The van der Waals surface area contributed by atoms with Crippen molar-refractivity contribution >= 4 is 16.7 Å². The van der Waals surface area contributed by atoms with Crippen LogP contribution in [-0.4, -0.2) is 20.6 Å². The second kappa shape index (κ2) is 4.20. The van der Waals surface area contributed by atoms with Gasteiger partial charge in [-0.15, -0.1) is 0 Å². The lowest BCUT2D eigenvalue weighted by Gasteiger charge is -2.10. The molecule has 0 radical (unpaired) electrons. The highest BCUT2D eigenvalue weighted by Gasteiger charge is 2.14. The Morgan fingerprint density at radius 3 is 2.84 bits per heavy atom. The van der Waals surface area contributed by atoms with Gasteiger partial charge < -0.3 is 5.73 Å². The van der Waals surface area contributed by atoms with Crippen LogP contribution in [0.25, 0.3) is 16.7 Å². The van der Waals surface area contributed by atoms with Crippen LogP contribution < -0.4 is 5.73 Å². The Morgan fingerprint density at radius 1 is 1.26 bits per heavy atom. The first-order valence-corrected chi connectivity index (χ1v) is 5.91. The summed E-state index contributed by atoms with van der Waals surface area (Å²) in [6.07, 6.45) is 3.48. The number of benzene rings is 1. The zero-order chi connectivity index (χ0) is 13.4. The molecule has 5 heteroatoms. The Labute approximate surface area is 110 Å². The molecule has 0 atom stereocenters. The third-order valence-electron chi connectivity index (χ3n) is 3.09. The van der Waals surface area contributed by atoms with Crippen molar-refractivity contribution in [2.24, 2.45) is 5.73 Å². The van der Waals surface area contributed by atoms with Gasteiger partial charge in [0.05, 0.1) is 17.3 Å². The molecule has 0 saturated heterocycles. The summed E-state index contributed by atoms with van der Waals surface area (Å²) in [5, 5.41) is 13.1. The van der Waals surface area contributed by atoms with Gasteiger partial charge in [-0.2, -0.15) is 5.10 Å². The fourth-order valence-corrected chi connectivity index (χ4v) is 2.18. The highest BCUT2D eigenvalue weighted by atomic mass is 15.3. The molecule has 0 saturated carbocycles. The number of aromatic nitrogens is 3. The highest BCUT2D eigenvalue weighted by molar-refractivity contribution is 5.99. The molecular weight excluding hydrogens is 238 g/mol. The lowest BCUT2D eigenvalue weighted by molar-refractivity contribution is 0.868. The average molecular weight is 251 g/mol. The van der Waals surface area contributed by atoms with Crippen molar-refractivity contribution in [2.75, 3.05) is 0 Å². The van der Waals surface area contributed by atoms with Crippen molar-refractivity contribution in [2.45, 2.75) is 6.92 Å². The van der Waals surface area contributed by atoms with Crippen LogP contribution in [0.5, 0.6) is 0 Å². The molecule has 3 N–H and O–H groups in total. The van der Waals surface area contributed by atoms with Gasteiger partial charge in [0.1, 0.15) is 5.84 Å². The number of nitrogens with zero attached hydrogens (tertiary/aromatic N) is 3. The van der Waals surface area contributed by atoms with E-state index in [1.807, 2.05) is 37.3 Å². The molecule has 1 aromatic carbocycles. The smallest absolute Gasteiger partial charge is 0.165 e. The number of fused-ring (bicyclic) bond motifs is 1. The Bertz CT molecular complexity index is 772. The molecule has 2 heterocycles. The number of pyridine rings is 1. The Balaban J connectivity index is 2.33. The number of nitrogens with two attached hydrogens (primary N) is 1. The fraction of sp³-hybridized carbons (Fsp3) is 0.0714. The predicted octanol–water partition coefficient (Wildman–Crippen LogP) is 2.01. The van der Waals surface area contributed by atoms with Crippen molar-refractivity contribution in [1.29, 1.82) is 5.41 Å². The molecule has 0 aliphatic rings. The molecule has 0 aliphatic carbocycles. The summed E-state index contributed by atoms with van der Waals surface area (Å²) in [5.74, 6) is 0.592. The first kappa shape index (κ1) is 11.4. The van der Waals surface area contributed by atoms with E-state index >= 15 is 0 Å². The lowest BCUT2D eigenvalue weighted by atomic mass is 10.1. The second-order valence-corrected chi connectivity index (χ2v) is 4.36. The molecule has 0 bridgehead atoms. The number of nitrogen functional groups attached to an aromatic ring is 1. The fourth-order valence-electron chi connectivity index (χ4n) is 2.18. The molecule has 0 aliphatic heterocycles. The number of amidine groups is 1. The minimum absolute atomic E-state index is 0.000168. The summed E-state index contributed by atoms with van der Waals surface area (Å²) in [6.45, 7) is 1.91. The average Bonchev–Trinajstić information content (AvgIpc) is 2.81. The molecule has 0 spiro atoms. The van der Waals surface area contributed by atoms with E-state index in [0.717, 1.165) is 16.5 Å². The van der Waals surface area contributed by atoms with Crippen LogP contribution in [0.3, 0.4) is 0 Å². The quantitative estimate of drug-likeness (QED) is 0.540. The Kier molecular flexibility index (Phi) is 2.52. The third-order valence-corrected chi connectivity index (χ3v) is 3.09. The summed E-state index contributed by atoms with van der Waals surface area (Å²) in [6, 6.07) is 9.71. The number of hydrogen-bond acceptors (Lipinski definition) is 3. The molecule has 0 fully saturated rings. The Morgan fingerprint density at radius 2 is 2.05 bits per heavy atom. The maximum atomic E-state index is 7.72. The van der Waals surface area contributed by atoms with Crippen molar-refractivity contribution in [3.63, 3.8) is 0 Å². The predicted molar refractivity (Wildman–Crippen MR) is 74.6 cm³/mol. The van der Waals surface area contributed by atoms with E-state index in [9.17, 15) is 0 Å². The second-order valence-electron chi connectivity index (χ2n) is 4.36. The molecule has 0 amide bonds. The number of aryl methyl sites for hydroxylation is 1. The first-order valence-electron chi connectivity index (χ1n) is 5.91. The monoisotopic (exact) mass is 251 g/mol. The molecule has 5 nitrogen and oxygen atoms in total. The van der Waals surface area contributed by atoms with Gasteiger partial charge >= 0.3 is 0 Å². The van der Waals surface area contributed by atoms with Crippen molar-refractivity contribution in [3.8, 4) is 5.82 Å². The van der Waals surface area contributed by atoms with E-state index in [1.165, 1.54) is 0 Å². The number of nitrogens with one attached hydrogen (secondary N) is 1. The van der Waals surface area contributed by atoms with Crippen LogP contribution in [0.2, 0.25) is 0 Å². The van der Waals surface area contributed by atoms with E-state index in [1.54, 1.807) is 17.1 Å². The Hall–Kier alpha value is -2.69. The van der Waals surface area contributed by atoms with Gasteiger partial charge in [0.15, 0.2) is 5.82 Å². The third kappa shape index (κ3) is 1.76. The first-order chi connectivity index (χ1) is 9.18. The van der Waals surface area contributed by atoms with Gasteiger partial charge in [0.2, 0.25) is 0 Å². The summed E-state index contributed by atoms with van der Waals surface area (Å²) in [7, 11) is 0. The van der Waals surface area contributed by atoms with E-state index in [4.69, 9.17) is 11.1 Å². The van der Waals surface area contributed by atoms with Crippen molar-refractivity contribution < 1.29 is 0 Å². The minimum Gasteiger partial charge on any atom is -0.384 e. The molecule has 3 aromatic rings. The molecule has 94 valence electrons. The largest absolute Gasteiger partial charge is 0.384 e. The summed E-state index contributed by atoms with van der Waals surface area (Å²) >= 11 is 0. The van der Waals surface area contributed by atoms with Gasteiger partial charge in [-0.3, -0.25) is 5.41 Å². The SMILES string of the molecule is Cc1ccnc(-n2ncc3ccccc32)c1C(=N)N. The van der Waals surface area contributed by atoms with E-state index in [-0.39, 0.29) is 5.84 Å². The molecule has 3 rings (SSSR count). The summed E-state index contributed by atoms with van der Waals surface area (Å²) in [4.78, 5) is 4.33. The lowest BCUT2D eigenvalue weighted by Crippen LogP contribution is -2.18. The van der Waals surface area contributed by atoms with Gasteiger partial charge in [-0.05, 0) is 24.6 Å². The maximum Gasteiger partial charge on any atom is 0.165 e. The minimum atomic E-state index is 0.000168. The molecular formula is C14H13N5. The van der Waals surface area contributed by atoms with Crippen molar-refractivity contribution in [1.82, 2.24) is 14.8 Å². The van der Waals surface area contributed by atoms with E-state index in [2.05, 4.69) is 10.1 Å². The van der Waals surface area contributed by atoms with Crippen molar-refractivity contribution in [3.05, 3.63) is 53.9 Å². The molecule has 2 aromatic heterocycles. The summed E-state index contributed by atoms with van der Waals surface area (Å²) in [5.41, 5.74) is 8.15. The topological polar surface area (TPSA) is 80.6 Å². The zero-order valence-corrected chi connectivity index (χ0v) is 10.5. The number of hydrogen-bond donors (Lipinski definition) is 2. The van der Waals surface area contributed by atoms with Crippen LogP contribution in [0.4, 0.5) is 0 Å². The summed E-state index contributed by atoms with van der Waals surface area (Å²) < 4.78 is 1.72. The van der Waals surface area contributed by atoms with E-state index in [0.29, 0.717) is 11.4 Å². The maximum absolute atomic E-state index is 7.72. The molecule has 0 unspecified atom stereocenters. The standard InChI is InChI=1S/C14H13N5/c1-9-6-7-17-14(12(9)13(15)16)19-11-5-3-2-4-10(11)8-18-19/h2-8H,1H3,(H3,15,16). The van der Waals surface area contributed by atoms with Gasteiger partial charge in [0, 0.05) is 11.6 Å². The van der Waals surface area contributed by atoms with Crippen LogP contribution in [0.1, 0.15) is 11.1 Å². The van der Waals surface area contributed by atoms with Crippen LogP contribution >= 0.6 is 0 Å². The van der Waals surface area contributed by atoms with Gasteiger partial charge in [-0.1, -0.05) is 18.2 Å². The van der Waals surface area contributed by atoms with Gasteiger partial charge in [-0.25, -0.2) is 9.67 Å². The van der Waals surface area contributed by atoms with E-state index < -0.39 is 0 Å². The molecule has 19 heavy (non-hydrogen) atoms.